The molecule has 4 saturated heterocycles. The molecule has 2 aromatic carbocycles. The molecular weight excluding hydrogens is 855 g/mol. The first-order valence-corrected chi connectivity index (χ1v) is 20.3. The second kappa shape index (κ2) is 18.5. The van der Waals surface area contributed by atoms with Crippen molar-refractivity contribution < 1.29 is 68.4 Å². The number of benzene rings is 2. The van der Waals surface area contributed by atoms with Gasteiger partial charge in [0.05, 0.1) is 23.5 Å². The third-order valence-corrected chi connectivity index (χ3v) is 11.0. The minimum atomic E-state index is -4.73. The minimum Gasteiger partial charge on any atom is -0.412 e. The highest BCUT2D eigenvalue weighted by Crippen LogP contribution is 2.41. The number of ether oxygens (including phenoxy) is 2. The summed E-state index contributed by atoms with van der Waals surface area (Å²) < 4.78 is 114. The van der Waals surface area contributed by atoms with Crippen molar-refractivity contribution >= 4 is 22.2 Å². The summed E-state index contributed by atoms with van der Waals surface area (Å²) in [4.78, 5) is 37.3. The van der Waals surface area contributed by atoms with E-state index in [0.29, 0.717) is 11.1 Å². The number of likely N-dealkylation sites (tertiary alicyclic amines) is 2. The fourth-order valence-corrected chi connectivity index (χ4v) is 8.16. The van der Waals surface area contributed by atoms with E-state index in [4.69, 9.17) is 17.5 Å². The number of nitrogens with one attached hydrogen (secondary N) is 2. The van der Waals surface area contributed by atoms with E-state index in [1.807, 2.05) is 12.1 Å². The normalized spacial score (nSPS) is 23.5. The Morgan fingerprint density at radius 2 is 1.00 bits per heavy atom. The first kappa shape index (κ1) is 47.7. The fourth-order valence-electron chi connectivity index (χ4n) is 8.16. The van der Waals surface area contributed by atoms with E-state index in [0.717, 1.165) is 74.1 Å². The summed E-state index contributed by atoms with van der Waals surface area (Å²) in [5.74, 6) is -0.298. The number of alkyl halides is 6. The zero-order valence-electron chi connectivity index (χ0n) is 33.2. The Morgan fingerprint density at radius 1 is 0.645 bits per heavy atom. The van der Waals surface area contributed by atoms with Gasteiger partial charge in [-0.3, -0.25) is 39.3 Å². The topological polar surface area (TPSA) is 215 Å². The number of hydrogen-bond donors (Lipinski definition) is 4. The molecule has 8 rings (SSSR count). The third-order valence-electron chi connectivity index (χ3n) is 11.0. The van der Waals surface area contributed by atoms with Crippen LogP contribution in [0.5, 0.6) is 11.5 Å². The number of nitrogens with zero attached hydrogens (tertiary/aromatic N) is 4. The van der Waals surface area contributed by atoms with Crippen LogP contribution in [0, 0.1) is 0 Å². The van der Waals surface area contributed by atoms with Gasteiger partial charge in [-0.15, -0.1) is 26.3 Å². The van der Waals surface area contributed by atoms with Crippen LogP contribution in [-0.4, -0.2) is 106 Å². The molecule has 2 spiro atoms. The van der Waals surface area contributed by atoms with Gasteiger partial charge in [0.2, 0.25) is 11.8 Å². The lowest BCUT2D eigenvalue weighted by atomic mass is 9.96. The summed E-state index contributed by atoms with van der Waals surface area (Å²) in [5, 5.41) is 6.91. The van der Waals surface area contributed by atoms with Crippen LogP contribution < -0.4 is 20.1 Å². The van der Waals surface area contributed by atoms with Crippen LogP contribution >= 0.6 is 0 Å². The molecule has 4 aliphatic heterocycles. The molecule has 4 aliphatic rings. The molecule has 0 unspecified atom stereocenters. The number of carbonyl (C=O) groups is 2. The van der Waals surface area contributed by atoms with Gasteiger partial charge >= 0.3 is 23.1 Å². The minimum absolute atomic E-state index is 0. The van der Waals surface area contributed by atoms with E-state index in [1.165, 1.54) is 36.4 Å². The fraction of sp³-hybridized carbons (Fsp3) is 0.400. The van der Waals surface area contributed by atoms with Crippen LogP contribution in [0.15, 0.2) is 85.2 Å². The highest BCUT2D eigenvalue weighted by Gasteiger charge is 2.51. The van der Waals surface area contributed by atoms with Gasteiger partial charge in [-0.2, -0.15) is 8.42 Å². The van der Waals surface area contributed by atoms with E-state index in [-0.39, 0.29) is 40.9 Å². The van der Waals surface area contributed by atoms with Crippen molar-refractivity contribution in [3.8, 4) is 33.8 Å². The summed E-state index contributed by atoms with van der Waals surface area (Å²) in [6, 6.07) is 18.8. The summed E-state index contributed by atoms with van der Waals surface area (Å²) in [5.41, 5.74) is 3.22. The van der Waals surface area contributed by atoms with Gasteiger partial charge in [-0.25, -0.2) is 0 Å². The zero-order chi connectivity index (χ0) is 44.4. The Kier molecular flexibility index (Phi) is 14.2. The number of likely N-dealkylation sites (N-methyl/N-ethyl adjacent to an activating group) is 2. The number of pyridine rings is 2. The predicted molar refractivity (Wildman–Crippen MR) is 211 cm³/mol. The van der Waals surface area contributed by atoms with Gasteiger partial charge in [0.25, 0.3) is 0 Å². The van der Waals surface area contributed by atoms with Crippen LogP contribution in [0.3, 0.4) is 0 Å². The molecule has 6 heterocycles. The van der Waals surface area contributed by atoms with E-state index in [9.17, 15) is 35.9 Å². The van der Waals surface area contributed by atoms with Crippen molar-refractivity contribution in [1.29, 1.82) is 0 Å². The molecule has 4 aromatic rings. The summed E-state index contributed by atoms with van der Waals surface area (Å²) in [6.07, 6.45) is -1.57. The molecule has 62 heavy (non-hydrogen) atoms. The van der Waals surface area contributed by atoms with Gasteiger partial charge < -0.3 is 24.7 Å². The maximum atomic E-state index is 12.5. The second-order valence-electron chi connectivity index (χ2n) is 15.1. The Balaban J connectivity index is 0.000000208. The van der Waals surface area contributed by atoms with Crippen molar-refractivity contribution in [3.05, 3.63) is 96.6 Å². The molecule has 2 aromatic heterocycles. The van der Waals surface area contributed by atoms with Gasteiger partial charge in [0.1, 0.15) is 22.6 Å². The number of halogens is 6. The van der Waals surface area contributed by atoms with Crippen LogP contribution in [-0.2, 0) is 20.0 Å². The Hall–Kier alpha value is -5.39. The third kappa shape index (κ3) is 11.9. The molecule has 6 N–H and O–H groups in total. The molecule has 22 heteroatoms. The van der Waals surface area contributed by atoms with Gasteiger partial charge in [0, 0.05) is 39.6 Å². The zero-order valence-corrected chi connectivity index (χ0v) is 34.0. The lowest BCUT2D eigenvalue weighted by Crippen LogP contribution is -2.47. The summed E-state index contributed by atoms with van der Waals surface area (Å²) in [6.45, 7) is 1.47. The van der Waals surface area contributed by atoms with Crippen LogP contribution in [0.2, 0.25) is 0 Å². The number of carbonyl (C=O) groups excluding carboxylic acids is 2. The summed E-state index contributed by atoms with van der Waals surface area (Å²) in [7, 11) is -1.05. The van der Waals surface area contributed by atoms with Crippen LogP contribution in [0.4, 0.5) is 26.3 Å². The van der Waals surface area contributed by atoms with Crippen LogP contribution in [0.25, 0.3) is 22.3 Å². The SMILES string of the molecule is CN1CC[C@@]2(CC[C@H](c3cc(-c4cccc(OC(F)(F)F)c4)ccn3)N2)C1=O.CN1CC[C@@]2(CC[C@H](c3cc(-c4cccc(OC(F)(F)F)c4)ccn3)N2)C1=O.O.O=S(=O)(O)O. The first-order chi connectivity index (χ1) is 28.5. The van der Waals surface area contributed by atoms with Crippen molar-refractivity contribution in [2.75, 3.05) is 27.2 Å². The number of aromatic nitrogens is 2. The van der Waals surface area contributed by atoms with Gasteiger partial charge in [-0.05, 0) is 109 Å². The van der Waals surface area contributed by atoms with E-state index < -0.39 is 34.2 Å². The maximum absolute atomic E-state index is 12.5. The first-order valence-electron chi connectivity index (χ1n) is 18.9. The average Bonchev–Trinajstić information content (AvgIpc) is 3.96. The summed E-state index contributed by atoms with van der Waals surface area (Å²) >= 11 is 0. The standard InChI is InChI=1S/2C20H20F3N3O2.H2O4S.H2O/c2*1-26-10-8-19(18(26)27)7-5-16(25-19)17-12-14(6-9-24-17)13-3-2-4-15(11-13)28-20(21,22)23;1-5(2,3)4;/h2*2-4,6,9,11-12,16,25H,5,7-8,10H2,1H3;(H2,1,2,3,4);1H2/t2*16-,19+;;/m11../s1. The predicted octanol–water partition coefficient (Wildman–Crippen LogP) is 5.87. The average molecular weight is 899 g/mol. The maximum Gasteiger partial charge on any atom is 0.573 e. The molecule has 15 nitrogen and oxygen atoms in total. The molecular formula is C40H44F6N6O9S. The molecule has 0 radical (unpaired) electrons. The number of amides is 2. The molecule has 4 atom stereocenters. The molecule has 4 fully saturated rings. The molecule has 0 bridgehead atoms. The lowest BCUT2D eigenvalue weighted by Gasteiger charge is -2.23. The Labute approximate surface area is 352 Å². The Bertz CT molecular complexity index is 2200. The molecule has 0 saturated carbocycles. The monoisotopic (exact) mass is 898 g/mol. The number of hydrogen-bond acceptors (Lipinski definition) is 10. The highest BCUT2D eigenvalue weighted by molar-refractivity contribution is 7.79. The van der Waals surface area contributed by atoms with Gasteiger partial charge in [-0.1, -0.05) is 24.3 Å². The smallest absolute Gasteiger partial charge is 0.412 e. The van der Waals surface area contributed by atoms with Gasteiger partial charge in [0.15, 0.2) is 0 Å². The molecule has 0 aliphatic carbocycles. The second-order valence-corrected chi connectivity index (χ2v) is 16.0. The largest absolute Gasteiger partial charge is 0.573 e. The van der Waals surface area contributed by atoms with Crippen molar-refractivity contribution in [1.82, 2.24) is 30.4 Å². The Morgan fingerprint density at radius 3 is 1.32 bits per heavy atom. The molecule has 336 valence electrons. The van der Waals surface area contributed by atoms with Crippen molar-refractivity contribution in [3.63, 3.8) is 0 Å². The van der Waals surface area contributed by atoms with E-state index >= 15 is 0 Å². The van der Waals surface area contributed by atoms with Crippen LogP contribution in [0.1, 0.15) is 62.0 Å². The van der Waals surface area contributed by atoms with E-state index in [1.54, 1.807) is 60.6 Å². The molecule has 2 amide bonds. The quantitative estimate of drug-likeness (QED) is 0.132. The lowest BCUT2D eigenvalue weighted by molar-refractivity contribution is -0.275. The number of rotatable bonds is 6. The van der Waals surface area contributed by atoms with E-state index in [2.05, 4.69) is 30.1 Å². The van der Waals surface area contributed by atoms with Crippen molar-refractivity contribution in [2.45, 2.75) is 74.4 Å². The van der Waals surface area contributed by atoms with Crippen molar-refractivity contribution in [2.24, 2.45) is 0 Å². The highest BCUT2D eigenvalue weighted by atomic mass is 32.3.